The molecule has 0 aliphatic carbocycles. The van der Waals surface area contributed by atoms with Crippen LogP contribution in [0.2, 0.25) is 0 Å². The van der Waals surface area contributed by atoms with Gasteiger partial charge in [0.05, 0.1) is 0 Å². The molecule has 1 aromatic carbocycles. The fourth-order valence-corrected chi connectivity index (χ4v) is 1.85. The van der Waals surface area contributed by atoms with Crippen molar-refractivity contribution in [3.63, 3.8) is 0 Å². The fraction of sp³-hybridized carbons (Fsp3) is 0.357. The molecule has 0 atom stereocenters. The van der Waals surface area contributed by atoms with Gasteiger partial charge < -0.3 is 9.15 Å². The number of benzene rings is 1. The maximum atomic E-state index is 11.9. The highest BCUT2D eigenvalue weighted by atomic mass is 16.5. The van der Waals surface area contributed by atoms with Gasteiger partial charge in [0.25, 0.3) is 0 Å². The molecule has 1 aromatic heterocycles. The number of furan rings is 1. The van der Waals surface area contributed by atoms with Crippen LogP contribution >= 0.6 is 0 Å². The lowest BCUT2D eigenvalue weighted by Crippen LogP contribution is -1.99. The highest BCUT2D eigenvalue weighted by Crippen LogP contribution is 2.23. The van der Waals surface area contributed by atoms with Crippen molar-refractivity contribution in [2.75, 3.05) is 13.7 Å². The molecule has 0 bridgehead atoms. The molecule has 0 saturated heterocycles. The molecule has 2 rings (SSSR count). The van der Waals surface area contributed by atoms with Crippen molar-refractivity contribution in [2.45, 2.75) is 19.8 Å². The van der Waals surface area contributed by atoms with Crippen LogP contribution in [0.4, 0.5) is 0 Å². The number of para-hydroxylation sites is 1. The fourth-order valence-electron chi connectivity index (χ4n) is 1.85. The van der Waals surface area contributed by atoms with Gasteiger partial charge in [0, 0.05) is 25.5 Å². The summed E-state index contributed by atoms with van der Waals surface area (Å²) in [5.41, 5.74) is 1.86. The van der Waals surface area contributed by atoms with Crippen LogP contribution in [0.5, 0.6) is 0 Å². The largest absolute Gasteiger partial charge is 0.453 e. The minimum atomic E-state index is 0.0395. The van der Waals surface area contributed by atoms with Gasteiger partial charge >= 0.3 is 0 Å². The topological polar surface area (TPSA) is 39.4 Å². The Morgan fingerprint density at radius 2 is 2.24 bits per heavy atom. The summed E-state index contributed by atoms with van der Waals surface area (Å²) in [5, 5.41) is 0.986. The van der Waals surface area contributed by atoms with E-state index < -0.39 is 0 Å². The highest BCUT2D eigenvalue weighted by Gasteiger charge is 2.12. The van der Waals surface area contributed by atoms with Crippen LogP contribution in [-0.4, -0.2) is 19.5 Å². The summed E-state index contributed by atoms with van der Waals surface area (Å²) in [7, 11) is 1.63. The zero-order valence-corrected chi connectivity index (χ0v) is 10.2. The zero-order chi connectivity index (χ0) is 12.3. The number of Topliss-reactive ketones (excluding diaryl/α,β-unsaturated/α-hetero) is 1. The van der Waals surface area contributed by atoms with E-state index in [4.69, 9.17) is 9.15 Å². The van der Waals surface area contributed by atoms with Crippen molar-refractivity contribution in [2.24, 2.45) is 0 Å². The SMILES string of the molecule is COCCCC(=O)c1cc2cccc(C)c2o1. The van der Waals surface area contributed by atoms with Crippen molar-refractivity contribution >= 4 is 16.8 Å². The summed E-state index contributed by atoms with van der Waals surface area (Å²) in [5.74, 6) is 0.489. The van der Waals surface area contributed by atoms with E-state index in [9.17, 15) is 4.79 Å². The van der Waals surface area contributed by atoms with Crippen molar-refractivity contribution in [3.8, 4) is 0 Å². The quantitative estimate of drug-likeness (QED) is 0.586. The molecule has 3 nitrogen and oxygen atoms in total. The first kappa shape index (κ1) is 11.9. The molecule has 2 aromatic rings. The monoisotopic (exact) mass is 232 g/mol. The molecular formula is C14H16O3. The molecule has 0 radical (unpaired) electrons. The van der Waals surface area contributed by atoms with Gasteiger partial charge in [0.2, 0.25) is 0 Å². The van der Waals surface area contributed by atoms with Crippen LogP contribution in [0.25, 0.3) is 11.0 Å². The summed E-state index contributed by atoms with van der Waals surface area (Å²) in [6.07, 6.45) is 1.19. The molecule has 3 heteroatoms. The van der Waals surface area contributed by atoms with Crippen molar-refractivity contribution in [3.05, 3.63) is 35.6 Å². The molecular weight excluding hydrogens is 216 g/mol. The number of carbonyl (C=O) groups excluding carboxylic acids is 1. The summed E-state index contributed by atoms with van der Waals surface area (Å²) in [6, 6.07) is 7.71. The Morgan fingerprint density at radius 3 is 2.94 bits per heavy atom. The number of carbonyl (C=O) groups is 1. The summed E-state index contributed by atoms with van der Waals surface area (Å²) >= 11 is 0. The van der Waals surface area contributed by atoms with Crippen LogP contribution < -0.4 is 0 Å². The lowest BCUT2D eigenvalue weighted by atomic mass is 10.1. The van der Waals surface area contributed by atoms with E-state index in [-0.39, 0.29) is 5.78 Å². The number of fused-ring (bicyclic) bond motifs is 1. The molecule has 0 N–H and O–H groups in total. The summed E-state index contributed by atoms with van der Waals surface area (Å²) in [6.45, 7) is 2.58. The number of ether oxygens (including phenoxy) is 1. The smallest absolute Gasteiger partial charge is 0.198 e. The van der Waals surface area contributed by atoms with E-state index in [1.807, 2.05) is 31.2 Å². The van der Waals surface area contributed by atoms with Gasteiger partial charge in [-0.05, 0) is 25.0 Å². The third kappa shape index (κ3) is 2.56. The molecule has 0 amide bonds. The van der Waals surface area contributed by atoms with Crippen molar-refractivity contribution in [1.82, 2.24) is 0 Å². The minimum Gasteiger partial charge on any atom is -0.453 e. The third-order valence-corrected chi connectivity index (χ3v) is 2.77. The second-order valence-electron chi connectivity index (χ2n) is 4.12. The zero-order valence-electron chi connectivity index (χ0n) is 10.2. The summed E-state index contributed by atoms with van der Waals surface area (Å²) < 4.78 is 10.5. The van der Waals surface area contributed by atoms with E-state index in [2.05, 4.69) is 0 Å². The maximum Gasteiger partial charge on any atom is 0.198 e. The van der Waals surface area contributed by atoms with Gasteiger partial charge in [-0.1, -0.05) is 18.2 Å². The number of methoxy groups -OCH3 is 1. The predicted octanol–water partition coefficient (Wildman–Crippen LogP) is 3.35. The minimum absolute atomic E-state index is 0.0395. The third-order valence-electron chi connectivity index (χ3n) is 2.77. The van der Waals surface area contributed by atoms with Crippen LogP contribution in [0.3, 0.4) is 0 Å². The van der Waals surface area contributed by atoms with Gasteiger partial charge in [-0.15, -0.1) is 0 Å². The molecule has 0 aliphatic rings. The second-order valence-corrected chi connectivity index (χ2v) is 4.12. The molecule has 0 fully saturated rings. The molecule has 0 unspecified atom stereocenters. The molecule has 17 heavy (non-hydrogen) atoms. The van der Waals surface area contributed by atoms with E-state index in [1.165, 1.54) is 0 Å². The normalized spacial score (nSPS) is 10.9. The van der Waals surface area contributed by atoms with Gasteiger partial charge in [-0.25, -0.2) is 0 Å². The van der Waals surface area contributed by atoms with Gasteiger partial charge in [-0.2, -0.15) is 0 Å². The van der Waals surface area contributed by atoms with Crippen molar-refractivity contribution < 1.29 is 13.9 Å². The Balaban J connectivity index is 2.19. The van der Waals surface area contributed by atoms with Crippen LogP contribution in [-0.2, 0) is 4.74 Å². The first-order valence-electron chi connectivity index (χ1n) is 5.73. The lowest BCUT2D eigenvalue weighted by molar-refractivity contribution is 0.0938. The molecule has 0 saturated carbocycles. The molecule has 90 valence electrons. The number of rotatable bonds is 5. The van der Waals surface area contributed by atoms with Crippen LogP contribution in [0.15, 0.2) is 28.7 Å². The first-order valence-corrected chi connectivity index (χ1v) is 5.73. The molecule has 1 heterocycles. The molecule has 0 aliphatic heterocycles. The second kappa shape index (κ2) is 5.15. The Kier molecular flexibility index (Phi) is 3.59. The van der Waals surface area contributed by atoms with E-state index in [0.29, 0.717) is 18.8 Å². The summed E-state index contributed by atoms with van der Waals surface area (Å²) in [4.78, 5) is 11.9. The number of ketones is 1. The standard InChI is InChI=1S/C14H16O3/c1-10-5-3-6-11-9-13(17-14(10)11)12(15)7-4-8-16-2/h3,5-6,9H,4,7-8H2,1-2H3. The Morgan fingerprint density at radius 1 is 1.41 bits per heavy atom. The Bertz CT molecular complexity index is 525. The van der Waals surface area contributed by atoms with E-state index in [1.54, 1.807) is 7.11 Å². The number of hydrogen-bond acceptors (Lipinski definition) is 3. The van der Waals surface area contributed by atoms with E-state index in [0.717, 1.165) is 23.0 Å². The predicted molar refractivity (Wildman–Crippen MR) is 66.4 cm³/mol. The maximum absolute atomic E-state index is 11.9. The Labute approximate surface area is 100 Å². The van der Waals surface area contributed by atoms with Crippen LogP contribution in [0.1, 0.15) is 29.0 Å². The highest BCUT2D eigenvalue weighted by molar-refractivity contribution is 5.98. The number of hydrogen-bond donors (Lipinski definition) is 0. The number of aryl methyl sites for hydroxylation is 1. The van der Waals surface area contributed by atoms with Crippen molar-refractivity contribution in [1.29, 1.82) is 0 Å². The van der Waals surface area contributed by atoms with Crippen LogP contribution in [0, 0.1) is 6.92 Å². The van der Waals surface area contributed by atoms with Gasteiger partial charge in [0.15, 0.2) is 11.5 Å². The molecule has 0 spiro atoms. The first-order chi connectivity index (χ1) is 8.22. The van der Waals surface area contributed by atoms with E-state index >= 15 is 0 Å². The van der Waals surface area contributed by atoms with Gasteiger partial charge in [-0.3, -0.25) is 4.79 Å². The average Bonchev–Trinajstić information content (AvgIpc) is 2.75. The Hall–Kier alpha value is -1.61. The lowest BCUT2D eigenvalue weighted by Gasteiger charge is -1.96. The average molecular weight is 232 g/mol. The van der Waals surface area contributed by atoms with Gasteiger partial charge in [0.1, 0.15) is 5.58 Å².